The number of benzene rings is 3. The van der Waals surface area contributed by atoms with Gasteiger partial charge in [-0.05, 0) is 59.5 Å². The predicted octanol–water partition coefficient (Wildman–Crippen LogP) is 3.50. The van der Waals surface area contributed by atoms with Gasteiger partial charge in [0, 0.05) is 24.7 Å². The third kappa shape index (κ3) is 9.37. The van der Waals surface area contributed by atoms with Gasteiger partial charge in [-0.25, -0.2) is 13.2 Å². The van der Waals surface area contributed by atoms with Crippen molar-refractivity contribution in [1.82, 2.24) is 10.6 Å². The summed E-state index contributed by atoms with van der Waals surface area (Å²) in [5.74, 6) is -3.31. The molecule has 11 nitrogen and oxygen atoms in total. The Labute approximate surface area is 257 Å². The minimum atomic E-state index is -3.39. The number of carbonyl (C=O) groups is 4. The lowest BCUT2D eigenvalue weighted by Gasteiger charge is -2.16. The second-order valence-electron chi connectivity index (χ2n) is 9.64. The molecule has 6 N–H and O–H groups in total. The van der Waals surface area contributed by atoms with Crippen LogP contribution in [-0.4, -0.2) is 61.8 Å². The van der Waals surface area contributed by atoms with Crippen LogP contribution >= 0.6 is 23.2 Å². The van der Waals surface area contributed by atoms with Crippen LogP contribution in [-0.2, 0) is 25.8 Å². The minimum absolute atomic E-state index is 0.0618. The zero-order valence-electron chi connectivity index (χ0n) is 22.8. The van der Waals surface area contributed by atoms with Gasteiger partial charge >= 0.3 is 5.97 Å². The number of Topliss-reactive ketones (excluding diaryl/α,β-unsaturated/α-hetero) is 1. The van der Waals surface area contributed by atoms with Crippen molar-refractivity contribution in [3.63, 3.8) is 0 Å². The standard InChI is InChI=1S/C29H28Cl2N4O7S/c1-43(41,42)21-8-5-17(6-9-21)19-13-22(30)26(23(31)14-19)28(38)35-24(29(39)40)10-7-20(36)15-34-27(37)18-4-2-3-16(11-18)12-25(32)33/h2-6,8-9,11,13-14,24H,7,10,12,15H2,1H3,(H3,32,33)(H,34,37)(H,35,38)(H,39,40)/t24-/m0/s1. The van der Waals surface area contributed by atoms with Crippen molar-refractivity contribution in [2.24, 2.45) is 5.73 Å². The maximum Gasteiger partial charge on any atom is 0.326 e. The van der Waals surface area contributed by atoms with Crippen molar-refractivity contribution in [3.8, 4) is 11.1 Å². The maximum absolute atomic E-state index is 12.9. The van der Waals surface area contributed by atoms with Crippen molar-refractivity contribution in [2.75, 3.05) is 12.8 Å². The molecule has 0 heterocycles. The smallest absolute Gasteiger partial charge is 0.326 e. The highest BCUT2D eigenvalue weighted by Gasteiger charge is 2.25. The molecule has 226 valence electrons. The Balaban J connectivity index is 1.61. The molecule has 0 aromatic heterocycles. The average molecular weight is 648 g/mol. The van der Waals surface area contributed by atoms with Crippen LogP contribution in [0.5, 0.6) is 0 Å². The Morgan fingerprint density at radius 1 is 0.953 bits per heavy atom. The van der Waals surface area contributed by atoms with Crippen LogP contribution < -0.4 is 16.4 Å². The number of nitrogens with one attached hydrogen (secondary N) is 3. The van der Waals surface area contributed by atoms with Crippen LogP contribution in [0.1, 0.15) is 39.1 Å². The van der Waals surface area contributed by atoms with E-state index < -0.39 is 39.4 Å². The van der Waals surface area contributed by atoms with Gasteiger partial charge < -0.3 is 21.5 Å². The van der Waals surface area contributed by atoms with Gasteiger partial charge in [-0.15, -0.1) is 0 Å². The molecule has 14 heteroatoms. The summed E-state index contributed by atoms with van der Waals surface area (Å²) in [5, 5.41) is 21.6. The molecule has 1 atom stereocenters. The molecular formula is C29H28Cl2N4O7S. The third-order valence-corrected chi connectivity index (χ3v) is 7.95. The molecule has 43 heavy (non-hydrogen) atoms. The lowest BCUT2D eigenvalue weighted by molar-refractivity contribution is -0.139. The Morgan fingerprint density at radius 3 is 2.14 bits per heavy atom. The highest BCUT2D eigenvalue weighted by molar-refractivity contribution is 7.90. The van der Waals surface area contributed by atoms with E-state index in [-0.39, 0.29) is 57.7 Å². The lowest BCUT2D eigenvalue weighted by Crippen LogP contribution is -2.41. The van der Waals surface area contributed by atoms with Crippen molar-refractivity contribution in [1.29, 1.82) is 5.41 Å². The van der Waals surface area contributed by atoms with E-state index in [0.29, 0.717) is 16.7 Å². The quantitative estimate of drug-likeness (QED) is 0.137. The molecule has 0 saturated carbocycles. The van der Waals surface area contributed by atoms with Crippen molar-refractivity contribution < 1.29 is 32.7 Å². The SMILES string of the molecule is CS(=O)(=O)c1ccc(-c2cc(Cl)c(C(=O)N[C@@H](CCC(=O)CNC(=O)c3cccc(CC(=N)N)c3)C(=O)O)c(Cl)c2)cc1. The van der Waals surface area contributed by atoms with E-state index in [0.717, 1.165) is 6.26 Å². The van der Waals surface area contributed by atoms with E-state index in [1.54, 1.807) is 30.3 Å². The first-order valence-corrected chi connectivity index (χ1v) is 15.4. The van der Waals surface area contributed by atoms with Gasteiger partial charge in [0.05, 0.1) is 32.9 Å². The summed E-state index contributed by atoms with van der Waals surface area (Å²) in [6.45, 7) is -0.361. The van der Waals surface area contributed by atoms with Crippen LogP contribution in [0.3, 0.4) is 0 Å². The molecule has 3 aromatic rings. The number of nitrogens with two attached hydrogens (primary N) is 1. The molecule has 0 aliphatic carbocycles. The Morgan fingerprint density at radius 2 is 1.58 bits per heavy atom. The Bertz CT molecular complexity index is 1670. The molecule has 0 unspecified atom stereocenters. The largest absolute Gasteiger partial charge is 0.480 e. The molecule has 3 aromatic carbocycles. The summed E-state index contributed by atoms with van der Waals surface area (Å²) in [5.41, 5.74) is 7.23. The zero-order valence-corrected chi connectivity index (χ0v) is 25.1. The first-order chi connectivity index (χ1) is 20.1. The molecule has 0 bridgehead atoms. The fourth-order valence-electron chi connectivity index (χ4n) is 4.06. The van der Waals surface area contributed by atoms with E-state index in [9.17, 15) is 32.7 Å². The first-order valence-electron chi connectivity index (χ1n) is 12.7. The van der Waals surface area contributed by atoms with Gasteiger partial charge in [0.2, 0.25) is 0 Å². The summed E-state index contributed by atoms with van der Waals surface area (Å²) in [6.07, 6.45) is 0.737. The highest BCUT2D eigenvalue weighted by Crippen LogP contribution is 2.32. The van der Waals surface area contributed by atoms with E-state index in [2.05, 4.69) is 10.6 Å². The number of aliphatic carboxylic acids is 1. The van der Waals surface area contributed by atoms with Crippen LogP contribution in [0.25, 0.3) is 11.1 Å². The molecule has 0 spiro atoms. The number of amidine groups is 1. The van der Waals surface area contributed by atoms with Crippen LogP contribution in [0, 0.1) is 5.41 Å². The van der Waals surface area contributed by atoms with E-state index in [1.807, 2.05) is 0 Å². The van der Waals surface area contributed by atoms with Crippen molar-refractivity contribution >= 4 is 62.4 Å². The van der Waals surface area contributed by atoms with E-state index in [4.69, 9.17) is 34.3 Å². The minimum Gasteiger partial charge on any atom is -0.480 e. The molecular weight excluding hydrogens is 619 g/mol. The topological polar surface area (TPSA) is 197 Å². The molecule has 0 aliphatic heterocycles. The van der Waals surface area contributed by atoms with Gasteiger partial charge in [-0.3, -0.25) is 19.8 Å². The van der Waals surface area contributed by atoms with Gasteiger partial charge in [-0.1, -0.05) is 47.5 Å². The second kappa shape index (κ2) is 14.3. The Kier molecular flexibility index (Phi) is 11.0. The predicted molar refractivity (Wildman–Crippen MR) is 163 cm³/mol. The fraction of sp³-hybridized carbons (Fsp3) is 0.207. The summed E-state index contributed by atoms with van der Waals surface area (Å²) in [6, 6.07) is 13.8. The number of carboxylic acid groups (broad SMARTS) is 1. The maximum atomic E-state index is 12.9. The fourth-order valence-corrected chi connectivity index (χ4v) is 5.35. The number of hydrogen-bond donors (Lipinski definition) is 5. The molecule has 2 amide bonds. The third-order valence-electron chi connectivity index (χ3n) is 6.23. The normalized spacial score (nSPS) is 11.8. The highest BCUT2D eigenvalue weighted by atomic mass is 35.5. The van der Waals surface area contributed by atoms with E-state index >= 15 is 0 Å². The van der Waals surface area contributed by atoms with Crippen LogP contribution in [0.15, 0.2) is 65.6 Å². The average Bonchev–Trinajstić information content (AvgIpc) is 2.92. The van der Waals surface area contributed by atoms with Crippen molar-refractivity contribution in [3.05, 3.63) is 87.4 Å². The second-order valence-corrected chi connectivity index (χ2v) is 12.5. The number of carbonyl (C=O) groups excluding carboxylic acids is 3. The molecule has 0 saturated heterocycles. The Hall–Kier alpha value is -4.26. The van der Waals surface area contributed by atoms with Crippen molar-refractivity contribution in [2.45, 2.75) is 30.2 Å². The summed E-state index contributed by atoms with van der Waals surface area (Å²) >= 11 is 12.7. The molecule has 0 aliphatic rings. The number of amides is 2. The number of rotatable bonds is 13. The van der Waals surface area contributed by atoms with Crippen LogP contribution in [0.4, 0.5) is 0 Å². The first kappa shape index (κ1) is 33.2. The van der Waals surface area contributed by atoms with Crippen LogP contribution in [0.2, 0.25) is 10.0 Å². The van der Waals surface area contributed by atoms with Gasteiger partial charge in [0.25, 0.3) is 11.8 Å². The van der Waals surface area contributed by atoms with Gasteiger partial charge in [-0.2, -0.15) is 0 Å². The number of ketones is 1. The molecule has 3 rings (SSSR count). The molecule has 0 fully saturated rings. The van der Waals surface area contributed by atoms with Gasteiger partial charge in [0.1, 0.15) is 6.04 Å². The lowest BCUT2D eigenvalue weighted by atomic mass is 10.0. The number of carboxylic acids is 1. The van der Waals surface area contributed by atoms with E-state index in [1.165, 1.54) is 30.3 Å². The summed E-state index contributed by atoms with van der Waals surface area (Å²) in [7, 11) is -3.39. The number of halogens is 2. The zero-order chi connectivity index (χ0) is 31.9. The summed E-state index contributed by atoms with van der Waals surface area (Å²) < 4.78 is 23.4. The van der Waals surface area contributed by atoms with Gasteiger partial charge in [0.15, 0.2) is 15.6 Å². The summed E-state index contributed by atoms with van der Waals surface area (Å²) in [4.78, 5) is 49.7. The number of hydrogen-bond acceptors (Lipinski definition) is 7. The monoisotopic (exact) mass is 646 g/mol. The number of sulfone groups is 1. The molecule has 0 radical (unpaired) electrons.